The van der Waals surface area contributed by atoms with E-state index in [-0.39, 0.29) is 0 Å². The Morgan fingerprint density at radius 1 is 1.26 bits per heavy atom. The molecule has 1 aliphatic heterocycles. The molecule has 2 aromatic rings. The molecule has 0 saturated carbocycles. The number of alkyl halides is 1. The first-order valence-electron chi connectivity index (χ1n) is 6.60. The van der Waals surface area contributed by atoms with Crippen molar-refractivity contribution >= 4 is 22.7 Å². The minimum absolute atomic E-state index is 0.322. The molecule has 1 saturated heterocycles. The number of likely N-dealkylation sites (N-methyl/N-ethyl adjacent to an activating group) is 1. The molecule has 0 aliphatic carbocycles. The number of nitrogens with zero attached hydrogens (tertiary/aromatic N) is 3. The Balaban J connectivity index is 1.74. The second-order valence-electron chi connectivity index (χ2n) is 5.12. The van der Waals surface area contributed by atoms with Gasteiger partial charge >= 0.3 is 0 Å². The minimum atomic E-state index is 0.322. The van der Waals surface area contributed by atoms with Gasteiger partial charge in [0.15, 0.2) is 5.58 Å². The van der Waals surface area contributed by atoms with Gasteiger partial charge in [0.25, 0.3) is 0 Å². The Morgan fingerprint density at radius 3 is 2.79 bits per heavy atom. The maximum atomic E-state index is 5.74. The van der Waals surface area contributed by atoms with Crippen molar-refractivity contribution < 1.29 is 4.42 Å². The third-order valence-corrected chi connectivity index (χ3v) is 3.84. The molecule has 19 heavy (non-hydrogen) atoms. The summed E-state index contributed by atoms with van der Waals surface area (Å²) in [7, 11) is 2.17. The van der Waals surface area contributed by atoms with Gasteiger partial charge in [-0.3, -0.25) is 4.90 Å². The molecule has 1 fully saturated rings. The average molecular weight is 280 g/mol. The Hall–Kier alpha value is -1.10. The SMILES string of the molecule is CN1CCN(Cc2ccc3oc(CCl)nc3c2)CC1. The first-order valence-corrected chi connectivity index (χ1v) is 7.13. The van der Waals surface area contributed by atoms with Gasteiger partial charge in [0, 0.05) is 32.7 Å². The van der Waals surface area contributed by atoms with Crippen LogP contribution in [0.1, 0.15) is 11.5 Å². The van der Waals surface area contributed by atoms with E-state index in [0.717, 1.165) is 43.8 Å². The first-order chi connectivity index (χ1) is 9.24. The number of oxazole rings is 1. The summed E-state index contributed by atoms with van der Waals surface area (Å²) >= 11 is 5.74. The zero-order chi connectivity index (χ0) is 13.2. The van der Waals surface area contributed by atoms with Crippen LogP contribution in [0.4, 0.5) is 0 Å². The van der Waals surface area contributed by atoms with Crippen LogP contribution in [0.3, 0.4) is 0 Å². The van der Waals surface area contributed by atoms with Gasteiger partial charge in [-0.25, -0.2) is 4.98 Å². The van der Waals surface area contributed by atoms with E-state index < -0.39 is 0 Å². The van der Waals surface area contributed by atoms with Crippen LogP contribution in [0, 0.1) is 0 Å². The van der Waals surface area contributed by atoms with E-state index >= 15 is 0 Å². The largest absolute Gasteiger partial charge is 0.439 e. The predicted molar refractivity (Wildman–Crippen MR) is 76.3 cm³/mol. The molecule has 1 aliphatic rings. The highest BCUT2D eigenvalue weighted by molar-refractivity contribution is 6.16. The van der Waals surface area contributed by atoms with Crippen LogP contribution < -0.4 is 0 Å². The molecule has 0 unspecified atom stereocenters. The van der Waals surface area contributed by atoms with E-state index in [0.29, 0.717) is 11.8 Å². The van der Waals surface area contributed by atoms with Crippen LogP contribution in [-0.4, -0.2) is 48.0 Å². The van der Waals surface area contributed by atoms with Crippen molar-refractivity contribution in [3.63, 3.8) is 0 Å². The summed E-state index contributed by atoms with van der Waals surface area (Å²) < 4.78 is 5.51. The Labute approximate surface area is 117 Å². The van der Waals surface area contributed by atoms with Gasteiger partial charge in [-0.05, 0) is 24.7 Å². The van der Waals surface area contributed by atoms with Gasteiger partial charge in [-0.2, -0.15) is 0 Å². The molecule has 102 valence electrons. The predicted octanol–water partition coefficient (Wildman–Crippen LogP) is 2.31. The van der Waals surface area contributed by atoms with Crippen LogP contribution in [0.2, 0.25) is 0 Å². The average Bonchev–Trinajstić information content (AvgIpc) is 2.83. The summed E-state index contributed by atoms with van der Waals surface area (Å²) in [6.45, 7) is 5.51. The second kappa shape index (κ2) is 5.49. The lowest BCUT2D eigenvalue weighted by Gasteiger charge is -2.32. The Bertz CT molecular complexity index is 561. The fourth-order valence-corrected chi connectivity index (χ4v) is 2.55. The molecule has 3 rings (SSSR count). The van der Waals surface area contributed by atoms with Crippen LogP contribution in [0.5, 0.6) is 0 Å². The van der Waals surface area contributed by atoms with Gasteiger partial charge in [0.2, 0.25) is 5.89 Å². The molecular weight excluding hydrogens is 262 g/mol. The van der Waals surface area contributed by atoms with Crippen molar-refractivity contribution in [3.05, 3.63) is 29.7 Å². The lowest BCUT2D eigenvalue weighted by molar-refractivity contribution is 0.148. The maximum Gasteiger partial charge on any atom is 0.210 e. The van der Waals surface area contributed by atoms with Crippen molar-refractivity contribution in [1.82, 2.24) is 14.8 Å². The van der Waals surface area contributed by atoms with Crippen molar-refractivity contribution in [1.29, 1.82) is 0 Å². The lowest BCUT2D eigenvalue weighted by atomic mass is 10.2. The molecule has 0 radical (unpaired) electrons. The zero-order valence-electron chi connectivity index (χ0n) is 11.1. The minimum Gasteiger partial charge on any atom is -0.439 e. The summed E-state index contributed by atoms with van der Waals surface area (Å²) in [6.07, 6.45) is 0. The maximum absolute atomic E-state index is 5.74. The second-order valence-corrected chi connectivity index (χ2v) is 5.39. The van der Waals surface area contributed by atoms with Gasteiger partial charge < -0.3 is 9.32 Å². The number of hydrogen-bond acceptors (Lipinski definition) is 4. The standard InChI is InChI=1S/C14H18ClN3O/c1-17-4-6-18(7-5-17)10-11-2-3-13-12(8-11)16-14(9-15)19-13/h2-3,8H,4-7,9-10H2,1H3. The molecule has 0 spiro atoms. The van der Waals surface area contributed by atoms with Crippen LogP contribution in [-0.2, 0) is 12.4 Å². The van der Waals surface area contributed by atoms with E-state index in [2.05, 4.69) is 34.0 Å². The van der Waals surface area contributed by atoms with Crippen molar-refractivity contribution in [2.75, 3.05) is 33.2 Å². The monoisotopic (exact) mass is 279 g/mol. The number of piperazine rings is 1. The summed E-state index contributed by atoms with van der Waals surface area (Å²) in [5.41, 5.74) is 3.01. The zero-order valence-corrected chi connectivity index (χ0v) is 11.9. The quantitative estimate of drug-likeness (QED) is 0.807. The van der Waals surface area contributed by atoms with Crippen LogP contribution >= 0.6 is 11.6 Å². The smallest absolute Gasteiger partial charge is 0.210 e. The fourth-order valence-electron chi connectivity index (χ4n) is 2.44. The summed E-state index contributed by atoms with van der Waals surface area (Å²) in [5, 5.41) is 0. The first kappa shape index (κ1) is 12.9. The molecule has 4 nitrogen and oxygen atoms in total. The van der Waals surface area contributed by atoms with Gasteiger partial charge in [-0.1, -0.05) is 6.07 Å². The van der Waals surface area contributed by atoms with Crippen molar-refractivity contribution in [2.24, 2.45) is 0 Å². The van der Waals surface area contributed by atoms with Crippen molar-refractivity contribution in [3.8, 4) is 0 Å². The molecule has 0 bridgehead atoms. The lowest BCUT2D eigenvalue weighted by Crippen LogP contribution is -2.43. The van der Waals surface area contributed by atoms with Crippen molar-refractivity contribution in [2.45, 2.75) is 12.4 Å². The van der Waals surface area contributed by atoms with E-state index in [1.807, 2.05) is 6.07 Å². The number of hydrogen-bond donors (Lipinski definition) is 0. The molecule has 5 heteroatoms. The summed E-state index contributed by atoms with van der Waals surface area (Å²) in [6, 6.07) is 6.21. The number of rotatable bonds is 3. The highest BCUT2D eigenvalue weighted by Gasteiger charge is 2.14. The Morgan fingerprint density at radius 2 is 2.05 bits per heavy atom. The van der Waals surface area contributed by atoms with Gasteiger partial charge in [0.1, 0.15) is 5.52 Å². The summed E-state index contributed by atoms with van der Waals surface area (Å²) in [4.78, 5) is 9.21. The topological polar surface area (TPSA) is 32.5 Å². The highest BCUT2D eigenvalue weighted by Crippen LogP contribution is 2.19. The molecule has 0 N–H and O–H groups in total. The molecule has 1 aromatic carbocycles. The number of benzene rings is 1. The normalized spacial score (nSPS) is 18.2. The number of fused-ring (bicyclic) bond motifs is 1. The molecule has 1 aromatic heterocycles. The Kier molecular flexibility index (Phi) is 3.73. The molecule has 2 heterocycles. The third kappa shape index (κ3) is 2.91. The van der Waals surface area contributed by atoms with E-state index in [1.54, 1.807) is 0 Å². The number of halogens is 1. The van der Waals surface area contributed by atoms with Gasteiger partial charge in [0.05, 0.1) is 5.88 Å². The third-order valence-electron chi connectivity index (χ3n) is 3.61. The van der Waals surface area contributed by atoms with Crippen LogP contribution in [0.15, 0.2) is 22.6 Å². The summed E-state index contributed by atoms with van der Waals surface area (Å²) in [5.74, 6) is 0.913. The molecule has 0 amide bonds. The molecule has 0 atom stereocenters. The van der Waals surface area contributed by atoms with E-state index in [1.165, 1.54) is 5.56 Å². The van der Waals surface area contributed by atoms with Gasteiger partial charge in [-0.15, -0.1) is 11.6 Å². The van der Waals surface area contributed by atoms with Crippen LogP contribution in [0.25, 0.3) is 11.1 Å². The highest BCUT2D eigenvalue weighted by atomic mass is 35.5. The molecular formula is C14H18ClN3O. The number of aromatic nitrogens is 1. The van der Waals surface area contributed by atoms with E-state index in [9.17, 15) is 0 Å². The fraction of sp³-hybridized carbons (Fsp3) is 0.500. The van der Waals surface area contributed by atoms with E-state index in [4.69, 9.17) is 16.0 Å².